The van der Waals surface area contributed by atoms with E-state index >= 15 is 0 Å². The maximum Gasteiger partial charge on any atom is 0.387 e. The summed E-state index contributed by atoms with van der Waals surface area (Å²) in [6.45, 7) is -2.99. The van der Waals surface area contributed by atoms with Gasteiger partial charge in [0.25, 0.3) is 0 Å². The monoisotopic (exact) mass is 197 g/mol. The van der Waals surface area contributed by atoms with E-state index in [4.69, 9.17) is 11.6 Å². The molecule has 0 N–H and O–H groups in total. The van der Waals surface area contributed by atoms with Gasteiger partial charge in [0, 0.05) is 6.07 Å². The molecule has 0 atom stereocenters. The van der Waals surface area contributed by atoms with E-state index in [0.29, 0.717) is 0 Å². The zero-order chi connectivity index (χ0) is 9.14. The molecule has 66 valence electrons. The van der Waals surface area contributed by atoms with Crippen LogP contribution in [0.5, 0.6) is 5.75 Å². The Hall–Kier alpha value is -0.970. The molecular weight excluding hydrogens is 195 g/mol. The van der Waals surface area contributed by atoms with Crippen molar-refractivity contribution in [1.82, 2.24) is 4.98 Å². The highest BCUT2D eigenvalue weighted by Crippen LogP contribution is 2.18. The Labute approximate surface area is 70.9 Å². The maximum atomic E-state index is 12.5. The van der Waals surface area contributed by atoms with E-state index < -0.39 is 12.4 Å². The van der Waals surface area contributed by atoms with E-state index in [1.807, 2.05) is 0 Å². The molecule has 12 heavy (non-hydrogen) atoms. The van der Waals surface area contributed by atoms with Gasteiger partial charge in [0.15, 0.2) is 11.0 Å². The third kappa shape index (κ3) is 2.27. The number of aromatic nitrogens is 1. The average molecular weight is 198 g/mol. The number of alkyl halides is 2. The summed E-state index contributed by atoms with van der Waals surface area (Å²) in [5.74, 6) is -1.25. The van der Waals surface area contributed by atoms with Gasteiger partial charge < -0.3 is 4.74 Å². The van der Waals surface area contributed by atoms with E-state index in [9.17, 15) is 13.2 Å². The molecule has 0 amide bonds. The van der Waals surface area contributed by atoms with E-state index in [-0.39, 0.29) is 10.9 Å². The molecular formula is C6H3ClF3NO. The molecule has 1 heterocycles. The molecule has 0 fully saturated rings. The van der Waals surface area contributed by atoms with Crippen LogP contribution in [-0.2, 0) is 0 Å². The van der Waals surface area contributed by atoms with Crippen LogP contribution in [0.2, 0.25) is 5.15 Å². The highest BCUT2D eigenvalue weighted by molar-refractivity contribution is 6.29. The van der Waals surface area contributed by atoms with Gasteiger partial charge in [-0.1, -0.05) is 11.6 Å². The maximum absolute atomic E-state index is 12.5. The van der Waals surface area contributed by atoms with Gasteiger partial charge in [-0.05, 0) is 0 Å². The predicted molar refractivity (Wildman–Crippen MR) is 35.8 cm³/mol. The highest BCUT2D eigenvalue weighted by Gasteiger charge is 2.07. The van der Waals surface area contributed by atoms with E-state index in [2.05, 4.69) is 9.72 Å². The molecule has 0 radical (unpaired) electrons. The Morgan fingerprint density at radius 1 is 1.50 bits per heavy atom. The molecule has 0 aliphatic rings. The third-order valence-electron chi connectivity index (χ3n) is 0.996. The van der Waals surface area contributed by atoms with E-state index in [1.54, 1.807) is 0 Å². The second kappa shape index (κ2) is 3.62. The lowest BCUT2D eigenvalue weighted by atomic mass is 10.4. The second-order valence-corrected chi connectivity index (χ2v) is 2.18. The SMILES string of the molecule is Fc1cc(OC(F)F)cnc1Cl. The third-order valence-corrected chi connectivity index (χ3v) is 1.27. The number of pyridine rings is 1. The minimum atomic E-state index is -2.99. The van der Waals surface area contributed by atoms with Crippen molar-refractivity contribution in [3.8, 4) is 5.75 Å². The summed E-state index contributed by atoms with van der Waals surface area (Å²) in [4.78, 5) is 3.26. The van der Waals surface area contributed by atoms with Crippen molar-refractivity contribution >= 4 is 11.6 Å². The van der Waals surface area contributed by atoms with E-state index in [1.165, 1.54) is 0 Å². The van der Waals surface area contributed by atoms with Crippen LogP contribution in [0, 0.1) is 5.82 Å². The van der Waals surface area contributed by atoms with Gasteiger partial charge in [0.05, 0.1) is 6.20 Å². The molecule has 1 rings (SSSR count). The van der Waals surface area contributed by atoms with Crippen LogP contribution in [0.4, 0.5) is 13.2 Å². The first kappa shape index (κ1) is 9.12. The fraction of sp³-hybridized carbons (Fsp3) is 0.167. The Kier molecular flexibility index (Phi) is 2.75. The zero-order valence-corrected chi connectivity index (χ0v) is 6.36. The van der Waals surface area contributed by atoms with Crippen LogP contribution in [0.3, 0.4) is 0 Å². The van der Waals surface area contributed by atoms with Crippen molar-refractivity contribution < 1.29 is 17.9 Å². The van der Waals surface area contributed by atoms with Crippen LogP contribution < -0.4 is 4.74 Å². The van der Waals surface area contributed by atoms with Crippen molar-refractivity contribution in [3.05, 3.63) is 23.2 Å². The highest BCUT2D eigenvalue weighted by atomic mass is 35.5. The van der Waals surface area contributed by atoms with Crippen LogP contribution in [0.15, 0.2) is 12.3 Å². The Balaban J connectivity index is 2.82. The fourth-order valence-electron chi connectivity index (χ4n) is 0.571. The van der Waals surface area contributed by atoms with Gasteiger partial charge in [-0.25, -0.2) is 9.37 Å². The lowest BCUT2D eigenvalue weighted by molar-refractivity contribution is -0.0502. The summed E-state index contributed by atoms with van der Waals surface area (Å²) in [5.41, 5.74) is 0. The quantitative estimate of drug-likeness (QED) is 0.680. The summed E-state index contributed by atoms with van der Waals surface area (Å²) in [7, 11) is 0. The van der Waals surface area contributed by atoms with Crippen LogP contribution in [0.1, 0.15) is 0 Å². The molecule has 0 unspecified atom stereocenters. The first-order valence-electron chi connectivity index (χ1n) is 2.85. The van der Waals surface area contributed by atoms with Gasteiger partial charge in [0.1, 0.15) is 5.75 Å². The second-order valence-electron chi connectivity index (χ2n) is 1.82. The fourth-order valence-corrected chi connectivity index (χ4v) is 0.674. The number of hydrogen-bond donors (Lipinski definition) is 0. The number of halogens is 4. The molecule has 2 nitrogen and oxygen atoms in total. The first-order valence-corrected chi connectivity index (χ1v) is 3.23. The molecule has 6 heteroatoms. The van der Waals surface area contributed by atoms with Crippen LogP contribution in [-0.4, -0.2) is 11.6 Å². The Morgan fingerprint density at radius 2 is 2.17 bits per heavy atom. The normalized spacial score (nSPS) is 10.4. The van der Waals surface area contributed by atoms with Crippen molar-refractivity contribution in [2.24, 2.45) is 0 Å². The number of ether oxygens (including phenoxy) is 1. The van der Waals surface area contributed by atoms with E-state index in [0.717, 1.165) is 12.3 Å². The minimum absolute atomic E-state index is 0.355. The molecule has 0 bridgehead atoms. The summed E-state index contributed by atoms with van der Waals surface area (Å²) < 4.78 is 39.5. The lowest BCUT2D eigenvalue weighted by Crippen LogP contribution is -2.02. The van der Waals surface area contributed by atoms with Gasteiger partial charge >= 0.3 is 6.61 Å². The first-order chi connectivity index (χ1) is 5.59. The number of hydrogen-bond acceptors (Lipinski definition) is 2. The van der Waals surface area contributed by atoms with Crippen LogP contribution >= 0.6 is 11.6 Å². The molecule has 0 saturated heterocycles. The average Bonchev–Trinajstić information content (AvgIpc) is 1.96. The number of nitrogens with zero attached hydrogens (tertiary/aromatic N) is 1. The smallest absolute Gasteiger partial charge is 0.387 e. The van der Waals surface area contributed by atoms with Gasteiger partial charge in [-0.15, -0.1) is 0 Å². The molecule has 0 aliphatic carbocycles. The molecule has 0 saturated carbocycles. The standard InChI is InChI=1S/C6H3ClF3NO/c7-5-4(8)1-3(2-11-5)12-6(9)10/h1-2,6H. The molecule has 1 aromatic heterocycles. The largest absolute Gasteiger partial charge is 0.433 e. The summed E-state index contributed by atoms with van der Waals surface area (Å²) in [5, 5.41) is -0.378. The summed E-state index contributed by atoms with van der Waals surface area (Å²) >= 11 is 5.19. The topological polar surface area (TPSA) is 22.1 Å². The molecule has 1 aromatic rings. The summed E-state index contributed by atoms with van der Waals surface area (Å²) in [6.07, 6.45) is 0.914. The van der Waals surface area contributed by atoms with Crippen molar-refractivity contribution in [2.45, 2.75) is 6.61 Å². The predicted octanol–water partition coefficient (Wildman–Crippen LogP) is 2.48. The van der Waals surface area contributed by atoms with Gasteiger partial charge in [-0.3, -0.25) is 0 Å². The molecule has 0 spiro atoms. The lowest BCUT2D eigenvalue weighted by Gasteiger charge is -2.03. The van der Waals surface area contributed by atoms with Crippen molar-refractivity contribution in [1.29, 1.82) is 0 Å². The molecule has 0 aromatic carbocycles. The Bertz CT molecular complexity index is 281. The molecule has 0 aliphatic heterocycles. The summed E-state index contributed by atoms with van der Waals surface area (Å²) in [6, 6.07) is 0.738. The Morgan fingerprint density at radius 3 is 2.67 bits per heavy atom. The number of rotatable bonds is 2. The zero-order valence-electron chi connectivity index (χ0n) is 5.60. The van der Waals surface area contributed by atoms with Crippen LogP contribution in [0.25, 0.3) is 0 Å². The van der Waals surface area contributed by atoms with Crippen molar-refractivity contribution in [2.75, 3.05) is 0 Å². The van der Waals surface area contributed by atoms with Gasteiger partial charge in [0.2, 0.25) is 0 Å². The van der Waals surface area contributed by atoms with Crippen molar-refractivity contribution in [3.63, 3.8) is 0 Å². The minimum Gasteiger partial charge on any atom is -0.433 e. The van der Waals surface area contributed by atoms with Gasteiger partial charge in [-0.2, -0.15) is 8.78 Å².